The largest absolute Gasteiger partial charge is 0.480 e. The van der Waals surface area contributed by atoms with Crippen LogP contribution >= 0.6 is 11.6 Å². The molecule has 36 heavy (non-hydrogen) atoms. The van der Waals surface area contributed by atoms with E-state index in [-0.39, 0.29) is 23.6 Å². The van der Waals surface area contributed by atoms with Crippen LogP contribution in [-0.2, 0) is 22.6 Å². The Morgan fingerprint density at radius 3 is 2.19 bits per heavy atom. The molecule has 3 aromatic carbocycles. The molecule has 9 heteroatoms. The summed E-state index contributed by atoms with van der Waals surface area (Å²) in [5.74, 6) is -2.86. The highest BCUT2D eigenvalue weighted by atomic mass is 35.5. The summed E-state index contributed by atoms with van der Waals surface area (Å²) in [4.78, 5) is 35.7. The molecule has 1 amide bonds. The molecule has 0 aromatic heterocycles. The van der Waals surface area contributed by atoms with Crippen molar-refractivity contribution in [2.75, 3.05) is 6.61 Å². The molecule has 0 aliphatic rings. The summed E-state index contributed by atoms with van der Waals surface area (Å²) < 4.78 is 0. The van der Waals surface area contributed by atoms with Gasteiger partial charge in [0.1, 0.15) is 12.1 Å². The maximum absolute atomic E-state index is 12.6. The molecule has 0 heterocycles. The number of carboxylic acid groups (broad SMARTS) is 2. The lowest BCUT2D eigenvalue weighted by Gasteiger charge is -2.18. The number of halogens is 1. The van der Waals surface area contributed by atoms with Gasteiger partial charge in [0.25, 0.3) is 5.91 Å². The van der Waals surface area contributed by atoms with E-state index in [1.54, 1.807) is 18.2 Å². The van der Waals surface area contributed by atoms with Gasteiger partial charge in [-0.25, -0.2) is 4.79 Å². The van der Waals surface area contributed by atoms with E-state index in [4.69, 9.17) is 16.7 Å². The third-order valence-corrected chi connectivity index (χ3v) is 6.17. The second-order valence-electron chi connectivity index (χ2n) is 8.30. The molecule has 0 aliphatic carbocycles. The lowest BCUT2D eigenvalue weighted by Crippen LogP contribution is -2.42. The van der Waals surface area contributed by atoms with E-state index < -0.39 is 36.5 Å². The summed E-state index contributed by atoms with van der Waals surface area (Å²) in [5, 5.41) is 33.7. The minimum atomic E-state index is -1.16. The third kappa shape index (κ3) is 6.69. The topological polar surface area (TPSA) is 136 Å². The molecule has 0 fully saturated rings. The molecule has 3 rings (SSSR count). The predicted molar refractivity (Wildman–Crippen MR) is 136 cm³/mol. The van der Waals surface area contributed by atoms with E-state index in [9.17, 15) is 24.6 Å². The van der Waals surface area contributed by atoms with Crippen LogP contribution in [0.4, 0.5) is 0 Å². The Morgan fingerprint density at radius 1 is 0.889 bits per heavy atom. The van der Waals surface area contributed by atoms with Gasteiger partial charge < -0.3 is 20.6 Å². The molecule has 0 spiro atoms. The molecule has 0 saturated heterocycles. The van der Waals surface area contributed by atoms with Crippen LogP contribution < -0.4 is 10.6 Å². The first-order chi connectivity index (χ1) is 17.2. The van der Waals surface area contributed by atoms with Gasteiger partial charge in [-0.2, -0.15) is 0 Å². The van der Waals surface area contributed by atoms with Gasteiger partial charge in [-0.3, -0.25) is 14.9 Å². The summed E-state index contributed by atoms with van der Waals surface area (Å²) in [6.07, 6.45) is 0.0810. The van der Waals surface area contributed by atoms with Gasteiger partial charge >= 0.3 is 11.9 Å². The van der Waals surface area contributed by atoms with Crippen LogP contribution in [0.5, 0.6) is 0 Å². The highest BCUT2D eigenvalue weighted by molar-refractivity contribution is 6.33. The molecule has 0 saturated carbocycles. The third-order valence-electron chi connectivity index (χ3n) is 5.84. The fourth-order valence-electron chi connectivity index (χ4n) is 3.81. The molecule has 0 bridgehead atoms. The smallest absolute Gasteiger partial charge is 0.326 e. The highest BCUT2D eigenvalue weighted by Gasteiger charge is 2.23. The molecule has 2 atom stereocenters. The first-order valence-corrected chi connectivity index (χ1v) is 11.6. The lowest BCUT2D eigenvalue weighted by atomic mass is 9.93. The first-order valence-electron chi connectivity index (χ1n) is 11.2. The zero-order chi connectivity index (χ0) is 26.2. The second-order valence-corrected chi connectivity index (χ2v) is 8.71. The fourth-order valence-corrected chi connectivity index (χ4v) is 4.03. The molecule has 0 radical (unpaired) electrons. The Morgan fingerprint density at radius 2 is 1.56 bits per heavy atom. The monoisotopic (exact) mass is 510 g/mol. The van der Waals surface area contributed by atoms with Crippen LogP contribution in [0.3, 0.4) is 0 Å². The number of carbonyl (C=O) groups is 3. The Labute approximate surface area is 213 Å². The number of aryl methyl sites for hydroxylation is 1. The Bertz CT molecular complexity index is 1260. The van der Waals surface area contributed by atoms with Gasteiger partial charge in [0.05, 0.1) is 17.2 Å². The van der Waals surface area contributed by atoms with Crippen LogP contribution in [0.25, 0.3) is 11.1 Å². The molecular weight excluding hydrogens is 484 g/mol. The number of hydrogen-bond acceptors (Lipinski definition) is 5. The van der Waals surface area contributed by atoms with E-state index in [0.717, 1.165) is 27.8 Å². The van der Waals surface area contributed by atoms with Crippen LogP contribution in [0, 0.1) is 6.92 Å². The van der Waals surface area contributed by atoms with Gasteiger partial charge in [-0.05, 0) is 46.9 Å². The molecule has 2 unspecified atom stereocenters. The standard InChI is InChI=1S/C27H27ClN2O6/c1-16-12-18(20-7-3-2-6-19(20)14-29-24(15-31)27(35)36)11-10-17(16)13-23(26(33)34)30-25(32)21-8-4-5-9-22(21)28/h2-12,23-24,29,31H,13-15H2,1H3,(H,30,32)(H,33,34)(H,35,36). The fraction of sp³-hybridized carbons (Fsp3) is 0.222. The van der Waals surface area contributed by atoms with Crippen LogP contribution in [0.15, 0.2) is 66.7 Å². The Kier molecular flexibility index (Phi) is 9.19. The van der Waals surface area contributed by atoms with Crippen molar-refractivity contribution in [3.8, 4) is 11.1 Å². The second kappa shape index (κ2) is 12.3. The number of benzene rings is 3. The number of aliphatic hydroxyl groups is 1. The average molecular weight is 511 g/mol. The molecule has 188 valence electrons. The SMILES string of the molecule is Cc1cc(-c2ccccc2CNC(CO)C(=O)O)ccc1CC(NC(=O)c1ccccc1Cl)C(=O)O. The summed E-state index contributed by atoms with van der Waals surface area (Å²) in [5.41, 5.74) is 4.40. The molecule has 0 aliphatic heterocycles. The zero-order valence-electron chi connectivity index (χ0n) is 19.6. The van der Waals surface area contributed by atoms with Crippen molar-refractivity contribution in [1.29, 1.82) is 0 Å². The van der Waals surface area contributed by atoms with E-state index in [0.29, 0.717) is 0 Å². The summed E-state index contributed by atoms with van der Waals surface area (Å²) in [6, 6.07) is 17.3. The van der Waals surface area contributed by atoms with Crippen molar-refractivity contribution in [2.45, 2.75) is 32.0 Å². The predicted octanol–water partition coefficient (Wildman–Crippen LogP) is 3.28. The maximum Gasteiger partial charge on any atom is 0.326 e. The Hall–Kier alpha value is -3.72. The number of aliphatic hydroxyl groups excluding tert-OH is 1. The average Bonchev–Trinajstić information content (AvgIpc) is 2.85. The quantitative estimate of drug-likeness (QED) is 0.267. The minimum absolute atomic E-state index is 0.0810. The zero-order valence-corrected chi connectivity index (χ0v) is 20.3. The van der Waals surface area contributed by atoms with Crippen molar-refractivity contribution in [2.24, 2.45) is 0 Å². The lowest BCUT2D eigenvalue weighted by molar-refractivity contribution is -0.141. The van der Waals surface area contributed by atoms with Gasteiger partial charge in [0, 0.05) is 13.0 Å². The van der Waals surface area contributed by atoms with E-state index >= 15 is 0 Å². The van der Waals surface area contributed by atoms with E-state index in [1.807, 2.05) is 49.4 Å². The van der Waals surface area contributed by atoms with E-state index in [2.05, 4.69) is 10.6 Å². The Balaban J connectivity index is 1.79. The van der Waals surface area contributed by atoms with Crippen molar-refractivity contribution in [3.05, 3.63) is 94.0 Å². The van der Waals surface area contributed by atoms with Crippen molar-refractivity contribution < 1.29 is 29.7 Å². The number of hydrogen-bond donors (Lipinski definition) is 5. The number of aliphatic carboxylic acids is 2. The maximum atomic E-state index is 12.6. The van der Waals surface area contributed by atoms with Crippen LogP contribution in [0.2, 0.25) is 5.02 Å². The van der Waals surface area contributed by atoms with Gasteiger partial charge in [-0.1, -0.05) is 66.2 Å². The summed E-state index contributed by atoms with van der Waals surface area (Å²) in [6.45, 7) is 1.58. The van der Waals surface area contributed by atoms with Crippen molar-refractivity contribution in [3.63, 3.8) is 0 Å². The van der Waals surface area contributed by atoms with Crippen molar-refractivity contribution >= 4 is 29.4 Å². The minimum Gasteiger partial charge on any atom is -0.480 e. The first kappa shape index (κ1) is 26.9. The highest BCUT2D eigenvalue weighted by Crippen LogP contribution is 2.27. The normalized spacial score (nSPS) is 12.5. The summed E-state index contributed by atoms with van der Waals surface area (Å²) >= 11 is 6.07. The van der Waals surface area contributed by atoms with Gasteiger partial charge in [-0.15, -0.1) is 0 Å². The van der Waals surface area contributed by atoms with Crippen LogP contribution in [0.1, 0.15) is 27.0 Å². The number of carboxylic acids is 2. The van der Waals surface area contributed by atoms with E-state index in [1.165, 1.54) is 6.07 Å². The van der Waals surface area contributed by atoms with Gasteiger partial charge in [0.2, 0.25) is 0 Å². The number of amides is 1. The van der Waals surface area contributed by atoms with Gasteiger partial charge in [0.15, 0.2) is 0 Å². The number of carbonyl (C=O) groups excluding carboxylic acids is 1. The number of nitrogens with one attached hydrogen (secondary N) is 2. The molecule has 8 nitrogen and oxygen atoms in total. The summed E-state index contributed by atoms with van der Waals surface area (Å²) in [7, 11) is 0. The molecule has 3 aromatic rings. The molecule has 5 N–H and O–H groups in total. The van der Waals surface area contributed by atoms with Crippen LogP contribution in [-0.4, -0.2) is 51.9 Å². The number of rotatable bonds is 11. The molecular formula is C27H27ClN2O6. The van der Waals surface area contributed by atoms with Crippen molar-refractivity contribution in [1.82, 2.24) is 10.6 Å².